The lowest BCUT2D eigenvalue weighted by atomic mass is 9.94. The predicted octanol–water partition coefficient (Wildman–Crippen LogP) is 6.60. The van der Waals surface area contributed by atoms with E-state index in [0.29, 0.717) is 31.0 Å². The van der Waals surface area contributed by atoms with Gasteiger partial charge in [-0.15, -0.1) is 0 Å². The van der Waals surface area contributed by atoms with Crippen LogP contribution in [0.15, 0.2) is 78.9 Å². The molecule has 1 N–H and O–H groups in total. The number of methoxy groups -OCH3 is 1. The monoisotopic (exact) mass is 562 g/mol. The zero-order valence-electron chi connectivity index (χ0n) is 23.2. The standard InChI is InChI=1S/C33H39ClN2O4/c1-39-29-18-20-30(21-19-29)40-22-8-13-32(37)36(24-26-14-16-27(34)17-15-26)31(23-25-9-4-2-5-10-25)33(38)35-28-11-6-3-7-12-28/h2,4-5,9-10,14-21,28,31H,3,6-8,11-13,22-24H2,1H3,(H,35,38). The lowest BCUT2D eigenvalue weighted by molar-refractivity contribution is -0.141. The van der Waals surface area contributed by atoms with E-state index >= 15 is 0 Å². The van der Waals surface area contributed by atoms with Gasteiger partial charge in [0.05, 0.1) is 13.7 Å². The molecule has 0 spiro atoms. The Labute approximate surface area is 242 Å². The number of ether oxygens (including phenoxy) is 2. The molecule has 6 nitrogen and oxygen atoms in total. The molecular formula is C33H39ClN2O4. The van der Waals surface area contributed by atoms with Gasteiger partial charge in [0.25, 0.3) is 0 Å². The molecule has 1 aliphatic carbocycles. The van der Waals surface area contributed by atoms with Gasteiger partial charge in [-0.3, -0.25) is 9.59 Å². The third-order valence-corrected chi connectivity index (χ3v) is 7.60. The molecule has 3 aromatic carbocycles. The summed E-state index contributed by atoms with van der Waals surface area (Å²) in [6.07, 6.45) is 6.66. The average Bonchev–Trinajstić information content (AvgIpc) is 2.99. The molecule has 0 aromatic heterocycles. The first-order chi connectivity index (χ1) is 19.5. The van der Waals surface area contributed by atoms with Crippen LogP contribution < -0.4 is 14.8 Å². The van der Waals surface area contributed by atoms with E-state index < -0.39 is 6.04 Å². The maximum atomic E-state index is 13.8. The molecule has 1 aliphatic rings. The number of hydrogen-bond donors (Lipinski definition) is 1. The summed E-state index contributed by atoms with van der Waals surface area (Å²) >= 11 is 6.13. The molecule has 7 heteroatoms. The normalized spacial score (nSPS) is 14.2. The van der Waals surface area contributed by atoms with Crippen LogP contribution in [-0.2, 0) is 22.6 Å². The van der Waals surface area contributed by atoms with Crippen molar-refractivity contribution in [2.75, 3.05) is 13.7 Å². The van der Waals surface area contributed by atoms with Gasteiger partial charge in [0.1, 0.15) is 17.5 Å². The van der Waals surface area contributed by atoms with Crippen LogP contribution in [-0.4, -0.2) is 42.5 Å². The van der Waals surface area contributed by atoms with Crippen LogP contribution in [0.3, 0.4) is 0 Å². The van der Waals surface area contributed by atoms with Crippen LogP contribution in [0.1, 0.15) is 56.1 Å². The van der Waals surface area contributed by atoms with E-state index in [9.17, 15) is 9.59 Å². The van der Waals surface area contributed by atoms with Crippen molar-refractivity contribution in [2.24, 2.45) is 0 Å². The number of amides is 2. The third kappa shape index (κ3) is 9.02. The minimum absolute atomic E-state index is 0.0759. The Kier molecular flexibility index (Phi) is 11.3. The van der Waals surface area contributed by atoms with Gasteiger partial charge in [0, 0.05) is 30.5 Å². The van der Waals surface area contributed by atoms with E-state index in [1.54, 1.807) is 12.0 Å². The number of nitrogens with zero attached hydrogens (tertiary/aromatic N) is 1. The minimum Gasteiger partial charge on any atom is -0.497 e. The number of halogens is 1. The maximum Gasteiger partial charge on any atom is 0.243 e. The van der Waals surface area contributed by atoms with Gasteiger partial charge in [-0.2, -0.15) is 0 Å². The second kappa shape index (κ2) is 15.3. The molecule has 0 radical (unpaired) electrons. The SMILES string of the molecule is COc1ccc(OCCCC(=O)N(Cc2ccc(Cl)cc2)C(Cc2ccccc2)C(=O)NC2CCCCC2)cc1. The summed E-state index contributed by atoms with van der Waals surface area (Å²) in [5.74, 6) is 1.32. The molecule has 40 heavy (non-hydrogen) atoms. The highest BCUT2D eigenvalue weighted by molar-refractivity contribution is 6.30. The van der Waals surface area contributed by atoms with E-state index in [2.05, 4.69) is 5.32 Å². The van der Waals surface area contributed by atoms with Gasteiger partial charge in [0.2, 0.25) is 11.8 Å². The van der Waals surface area contributed by atoms with Gasteiger partial charge in [-0.05, 0) is 66.8 Å². The first-order valence-corrected chi connectivity index (χ1v) is 14.5. The van der Waals surface area contributed by atoms with Crippen LogP contribution in [0.5, 0.6) is 11.5 Å². The van der Waals surface area contributed by atoms with Crippen LogP contribution in [0.4, 0.5) is 0 Å². The summed E-state index contributed by atoms with van der Waals surface area (Å²) in [4.78, 5) is 29.3. The predicted molar refractivity (Wildman–Crippen MR) is 159 cm³/mol. The molecule has 212 valence electrons. The minimum atomic E-state index is -0.630. The fraction of sp³-hybridized carbons (Fsp3) is 0.394. The lowest BCUT2D eigenvalue weighted by Crippen LogP contribution is -2.52. The molecule has 1 fully saturated rings. The first-order valence-electron chi connectivity index (χ1n) is 14.2. The highest BCUT2D eigenvalue weighted by Crippen LogP contribution is 2.22. The summed E-state index contributed by atoms with van der Waals surface area (Å²) < 4.78 is 11.0. The van der Waals surface area contributed by atoms with E-state index in [1.165, 1.54) is 6.42 Å². The molecule has 1 unspecified atom stereocenters. The molecule has 0 heterocycles. The highest BCUT2D eigenvalue weighted by atomic mass is 35.5. The van der Waals surface area contributed by atoms with Crippen molar-refractivity contribution in [3.8, 4) is 11.5 Å². The van der Waals surface area contributed by atoms with Gasteiger partial charge in [0.15, 0.2) is 0 Å². The summed E-state index contributed by atoms with van der Waals surface area (Å²) in [5, 5.41) is 3.91. The molecule has 0 saturated heterocycles. The molecule has 4 rings (SSSR count). The molecule has 2 amide bonds. The summed E-state index contributed by atoms with van der Waals surface area (Å²) in [7, 11) is 1.62. The van der Waals surface area contributed by atoms with Crippen molar-refractivity contribution in [1.29, 1.82) is 0 Å². The summed E-state index contributed by atoms with van der Waals surface area (Å²) in [6, 6.07) is 24.3. The number of carbonyl (C=O) groups excluding carboxylic acids is 2. The Morgan fingerprint density at radius 2 is 1.57 bits per heavy atom. The van der Waals surface area contributed by atoms with Crippen LogP contribution in [0, 0.1) is 0 Å². The summed E-state index contributed by atoms with van der Waals surface area (Å²) in [5.41, 5.74) is 1.94. The number of rotatable bonds is 13. The zero-order valence-corrected chi connectivity index (χ0v) is 23.9. The van der Waals surface area contributed by atoms with Crippen molar-refractivity contribution in [3.05, 3.63) is 95.0 Å². The fourth-order valence-electron chi connectivity index (χ4n) is 5.11. The van der Waals surface area contributed by atoms with Crippen molar-refractivity contribution in [1.82, 2.24) is 10.2 Å². The number of carbonyl (C=O) groups is 2. The molecule has 3 aromatic rings. The van der Waals surface area contributed by atoms with Crippen molar-refractivity contribution in [2.45, 2.75) is 70.0 Å². The van der Waals surface area contributed by atoms with E-state index in [4.69, 9.17) is 21.1 Å². The van der Waals surface area contributed by atoms with Crippen LogP contribution in [0.2, 0.25) is 5.02 Å². The Hall–Kier alpha value is -3.51. The molecular weight excluding hydrogens is 524 g/mol. The van der Waals surface area contributed by atoms with Crippen LogP contribution >= 0.6 is 11.6 Å². The number of benzene rings is 3. The Morgan fingerprint density at radius 1 is 0.900 bits per heavy atom. The smallest absolute Gasteiger partial charge is 0.243 e. The topological polar surface area (TPSA) is 67.9 Å². The zero-order chi connectivity index (χ0) is 28.2. The lowest BCUT2D eigenvalue weighted by Gasteiger charge is -2.33. The Bertz CT molecular complexity index is 1200. The van der Waals surface area contributed by atoms with Crippen molar-refractivity contribution >= 4 is 23.4 Å². The highest BCUT2D eigenvalue weighted by Gasteiger charge is 2.31. The van der Waals surface area contributed by atoms with Gasteiger partial charge < -0.3 is 19.7 Å². The van der Waals surface area contributed by atoms with Crippen molar-refractivity contribution < 1.29 is 19.1 Å². The average molecular weight is 563 g/mol. The van der Waals surface area contributed by atoms with Crippen LogP contribution in [0.25, 0.3) is 0 Å². The second-order valence-electron chi connectivity index (χ2n) is 10.3. The van der Waals surface area contributed by atoms with E-state index in [1.807, 2.05) is 78.9 Å². The van der Waals surface area contributed by atoms with Gasteiger partial charge >= 0.3 is 0 Å². The Balaban J connectivity index is 1.50. The quantitative estimate of drug-likeness (QED) is 0.238. The van der Waals surface area contributed by atoms with E-state index in [0.717, 1.165) is 48.3 Å². The molecule has 1 atom stereocenters. The number of hydrogen-bond acceptors (Lipinski definition) is 4. The molecule has 1 saturated carbocycles. The number of nitrogens with one attached hydrogen (secondary N) is 1. The second-order valence-corrected chi connectivity index (χ2v) is 10.8. The Morgan fingerprint density at radius 3 is 2.25 bits per heavy atom. The van der Waals surface area contributed by atoms with E-state index in [-0.39, 0.29) is 24.3 Å². The maximum absolute atomic E-state index is 13.8. The fourth-order valence-corrected chi connectivity index (χ4v) is 5.24. The van der Waals surface area contributed by atoms with Crippen molar-refractivity contribution in [3.63, 3.8) is 0 Å². The molecule has 0 aliphatic heterocycles. The third-order valence-electron chi connectivity index (χ3n) is 7.35. The van der Waals surface area contributed by atoms with Gasteiger partial charge in [-0.1, -0.05) is 73.3 Å². The largest absolute Gasteiger partial charge is 0.497 e. The van der Waals surface area contributed by atoms with Gasteiger partial charge in [-0.25, -0.2) is 0 Å². The molecule has 0 bridgehead atoms. The summed E-state index contributed by atoms with van der Waals surface area (Å²) in [6.45, 7) is 0.718. The first kappa shape index (κ1) is 29.5.